The molecule has 1 aromatic heterocycles. The maximum Gasteiger partial charge on any atom is 0.387 e. The van der Waals surface area contributed by atoms with E-state index in [2.05, 4.69) is 175 Å². The van der Waals surface area contributed by atoms with Gasteiger partial charge in [0, 0.05) is 21.9 Å². The zero-order valence-corrected chi connectivity index (χ0v) is 34.0. The average molecular weight is 697 g/mol. The third kappa shape index (κ3) is 8.73. The smallest absolute Gasteiger partial charge is 0.387 e. The van der Waals surface area contributed by atoms with Crippen molar-refractivity contribution in [2.45, 2.75) is 124 Å². The van der Waals surface area contributed by atoms with Gasteiger partial charge in [0.05, 0.1) is 6.10 Å². The number of benzene rings is 4. The van der Waals surface area contributed by atoms with Gasteiger partial charge in [0.2, 0.25) is 0 Å². The van der Waals surface area contributed by atoms with E-state index in [-0.39, 0.29) is 27.8 Å². The van der Waals surface area contributed by atoms with Gasteiger partial charge in [-0.05, 0) is 83.0 Å². The monoisotopic (exact) mass is 696 g/mol. The van der Waals surface area contributed by atoms with Crippen LogP contribution in [0.15, 0.2) is 93.3 Å². The molecule has 0 bridgehead atoms. The predicted molar refractivity (Wildman–Crippen MR) is 216 cm³/mol. The van der Waals surface area contributed by atoms with E-state index in [1.165, 1.54) is 32.9 Å². The third-order valence-corrected chi connectivity index (χ3v) is 13.1. The Hall–Kier alpha value is -2.83. The van der Waals surface area contributed by atoms with Crippen LogP contribution >= 0.6 is 16.2 Å². The number of hydrogen-bond donors (Lipinski definition) is 0. The minimum atomic E-state index is -1.75. The molecule has 5 heteroatoms. The van der Waals surface area contributed by atoms with Gasteiger partial charge >= 0.3 is 8.24 Å². The van der Waals surface area contributed by atoms with Crippen molar-refractivity contribution in [3.05, 3.63) is 107 Å². The highest BCUT2D eigenvalue weighted by Crippen LogP contribution is 2.45. The lowest BCUT2D eigenvalue weighted by Gasteiger charge is -2.27. The molecule has 4 aromatic carbocycles. The highest BCUT2D eigenvalue weighted by atomic mass is 31.1. The van der Waals surface area contributed by atoms with Crippen molar-refractivity contribution in [2.24, 2.45) is 0 Å². The minimum absolute atomic E-state index is 0.0392. The van der Waals surface area contributed by atoms with Crippen molar-refractivity contribution < 1.29 is 12.9 Å². The van der Waals surface area contributed by atoms with Crippen LogP contribution in [0.1, 0.15) is 119 Å². The molecule has 5 rings (SSSR count). The predicted octanol–water partition coefficient (Wildman–Crippen LogP) is 12.8. The van der Waals surface area contributed by atoms with Crippen molar-refractivity contribution in [3.8, 4) is 0 Å². The third-order valence-electron chi connectivity index (χ3n) is 9.31. The Morgan fingerprint density at radius 3 is 1.31 bits per heavy atom. The quantitative estimate of drug-likeness (QED) is 0.159. The van der Waals surface area contributed by atoms with E-state index in [4.69, 9.17) is 12.9 Å². The Morgan fingerprint density at radius 1 is 0.571 bits per heavy atom. The van der Waals surface area contributed by atoms with Gasteiger partial charge in [-0.2, -0.15) is 0 Å². The number of hydrogen-bond acceptors (Lipinski definition) is 3. The molecule has 1 heterocycles. The molecule has 0 amide bonds. The lowest BCUT2D eigenvalue weighted by atomic mass is 9.77. The van der Waals surface area contributed by atoms with Crippen molar-refractivity contribution in [1.29, 1.82) is 0 Å². The van der Waals surface area contributed by atoms with Gasteiger partial charge in [0.1, 0.15) is 11.2 Å². The van der Waals surface area contributed by atoms with Crippen LogP contribution in [0.5, 0.6) is 0 Å². The summed E-state index contributed by atoms with van der Waals surface area (Å²) in [5.74, 6) is 0. The Morgan fingerprint density at radius 2 is 0.959 bits per heavy atom. The molecular formula is C44H58O3P2. The van der Waals surface area contributed by atoms with Gasteiger partial charge in [0.25, 0.3) is 0 Å². The summed E-state index contributed by atoms with van der Waals surface area (Å²) >= 11 is 0. The second-order valence-electron chi connectivity index (χ2n) is 17.7. The van der Waals surface area contributed by atoms with E-state index >= 15 is 0 Å². The van der Waals surface area contributed by atoms with Gasteiger partial charge in [-0.3, -0.25) is 4.52 Å². The summed E-state index contributed by atoms with van der Waals surface area (Å²) in [7, 11) is -2.27. The highest BCUT2D eigenvalue weighted by molar-refractivity contribution is 7.73. The van der Waals surface area contributed by atoms with Crippen LogP contribution in [0.3, 0.4) is 0 Å². The second-order valence-corrected chi connectivity index (χ2v) is 21.1. The zero-order chi connectivity index (χ0) is 35.9. The maximum absolute atomic E-state index is 7.03. The van der Waals surface area contributed by atoms with Crippen molar-refractivity contribution in [3.63, 3.8) is 0 Å². The van der Waals surface area contributed by atoms with E-state index < -0.39 is 16.2 Å². The lowest BCUT2D eigenvalue weighted by molar-refractivity contribution is 0.274. The Labute approximate surface area is 298 Å². The normalized spacial score (nSPS) is 13.8. The standard InChI is InChI=1S/C44H58O3P2/c1-30(24-25-48(33-20-16-14-17-21-33)34-22-18-15-19-23-34)45-49-46-39-35(26-31(41(2,3)4)28-37(39)43(8,9)10)36-27-32(42(5,6)7)29-38(40(36)47-49)44(11,12)13/h14-23,26-30H,24-25H2,1-13H3/t30-/m0/s1. The van der Waals surface area contributed by atoms with Crippen LogP contribution < -0.4 is 15.1 Å². The average Bonchev–Trinajstić information content (AvgIpc) is 3.15. The lowest BCUT2D eigenvalue weighted by Crippen LogP contribution is -2.18. The van der Waals surface area contributed by atoms with E-state index in [1.807, 2.05) is 0 Å². The molecule has 0 aliphatic heterocycles. The minimum Gasteiger partial charge on any atom is -0.399 e. The molecular weight excluding hydrogens is 638 g/mol. The molecule has 0 fully saturated rings. The SMILES string of the molecule is C[C@@H](CCP(c1ccccc1)c1ccccc1)Op1oc2c(C(C)(C)C)cc(C(C)(C)C)cc2c2cc(C(C)(C)C)cc(C(C)(C)C)c2o1. The van der Waals surface area contributed by atoms with Gasteiger partial charge in [0.15, 0.2) is 0 Å². The zero-order valence-electron chi connectivity index (χ0n) is 32.2. The Kier molecular flexibility index (Phi) is 10.7. The molecule has 0 unspecified atom stereocenters. The van der Waals surface area contributed by atoms with Crippen molar-refractivity contribution >= 4 is 48.7 Å². The van der Waals surface area contributed by atoms with Crippen LogP contribution in [0.25, 0.3) is 21.9 Å². The summed E-state index contributed by atoms with van der Waals surface area (Å²) in [4.78, 5) is 0. The fourth-order valence-corrected chi connectivity index (χ4v) is 9.89. The Balaban J connectivity index is 1.71. The summed E-state index contributed by atoms with van der Waals surface area (Å²) in [6.07, 6.45) is 1.85. The van der Waals surface area contributed by atoms with Gasteiger partial charge in [-0.1, -0.05) is 156 Å². The van der Waals surface area contributed by atoms with Crippen LogP contribution in [-0.2, 0) is 21.7 Å². The first-order valence-electron chi connectivity index (χ1n) is 17.8. The molecule has 0 saturated carbocycles. The van der Waals surface area contributed by atoms with E-state index in [0.29, 0.717) is 0 Å². The molecule has 0 saturated heterocycles. The maximum atomic E-state index is 7.03. The summed E-state index contributed by atoms with van der Waals surface area (Å²) in [5, 5.41) is 4.98. The number of fused-ring (bicyclic) bond motifs is 3. The van der Waals surface area contributed by atoms with Crippen LogP contribution in [-0.4, -0.2) is 12.3 Å². The fourth-order valence-electron chi connectivity index (χ4n) is 6.18. The summed E-state index contributed by atoms with van der Waals surface area (Å²) in [6.45, 7) is 29.6. The fraction of sp³-hybridized carbons (Fsp3) is 0.455. The molecule has 0 aliphatic rings. The Bertz CT molecular complexity index is 1800. The molecule has 5 aromatic rings. The summed E-state index contributed by atoms with van der Waals surface area (Å²) in [6, 6.07) is 31.2. The summed E-state index contributed by atoms with van der Waals surface area (Å²) < 4.78 is 20.9. The largest absolute Gasteiger partial charge is 0.399 e. The van der Waals surface area contributed by atoms with Gasteiger partial charge in [-0.15, -0.1) is 0 Å². The first-order chi connectivity index (χ1) is 22.7. The first-order valence-corrected chi connectivity index (χ1v) is 20.4. The van der Waals surface area contributed by atoms with Crippen LogP contribution in [0, 0.1) is 0 Å². The summed E-state index contributed by atoms with van der Waals surface area (Å²) in [5.41, 5.74) is 6.34. The topological polar surface area (TPSA) is 35.5 Å². The van der Waals surface area contributed by atoms with E-state index in [1.54, 1.807) is 0 Å². The van der Waals surface area contributed by atoms with Gasteiger partial charge in [-0.25, -0.2) is 0 Å². The molecule has 0 N–H and O–H groups in total. The van der Waals surface area contributed by atoms with Crippen molar-refractivity contribution in [2.75, 3.05) is 6.16 Å². The van der Waals surface area contributed by atoms with Crippen molar-refractivity contribution in [1.82, 2.24) is 0 Å². The molecule has 262 valence electrons. The molecule has 3 nitrogen and oxygen atoms in total. The molecule has 49 heavy (non-hydrogen) atoms. The van der Waals surface area contributed by atoms with E-state index in [9.17, 15) is 0 Å². The number of rotatable bonds is 7. The van der Waals surface area contributed by atoms with E-state index in [0.717, 1.165) is 34.5 Å². The van der Waals surface area contributed by atoms with Gasteiger partial charge < -0.3 is 8.39 Å². The first kappa shape index (κ1) is 37.4. The molecule has 0 aliphatic carbocycles. The molecule has 0 spiro atoms. The molecule has 0 radical (unpaired) electrons. The molecule has 1 atom stereocenters. The van der Waals surface area contributed by atoms with Crippen LogP contribution in [0.2, 0.25) is 0 Å². The second kappa shape index (κ2) is 14.1. The highest BCUT2D eigenvalue weighted by Gasteiger charge is 2.29. The van der Waals surface area contributed by atoms with Crippen LogP contribution in [0.4, 0.5) is 0 Å².